The smallest absolute Gasteiger partial charge is 0.311 e. The number of rotatable bonds is 2. The normalized spacial score (nSPS) is 25.9. The van der Waals surface area contributed by atoms with Crippen LogP contribution in [0.15, 0.2) is 0 Å². The Hall–Kier alpha value is -1.17. The first-order valence-corrected chi connectivity index (χ1v) is 7.66. The molecular weight excluding hydrogens is 279 g/mol. The van der Waals surface area contributed by atoms with Crippen molar-refractivity contribution in [3.05, 3.63) is 22.8 Å². The van der Waals surface area contributed by atoms with Crippen LogP contribution in [0.1, 0.15) is 61.3 Å². The van der Waals surface area contributed by atoms with E-state index in [0.717, 1.165) is 25.7 Å². The van der Waals surface area contributed by atoms with Crippen molar-refractivity contribution in [1.29, 1.82) is 0 Å². The molecule has 0 amide bonds. The van der Waals surface area contributed by atoms with Crippen molar-refractivity contribution < 1.29 is 13.2 Å². The molecule has 2 atom stereocenters. The molecule has 1 aromatic heterocycles. The first-order valence-electron chi connectivity index (χ1n) is 7.66. The van der Waals surface area contributed by atoms with Gasteiger partial charge in [0.1, 0.15) is 5.82 Å². The van der Waals surface area contributed by atoms with Gasteiger partial charge in [-0.1, -0.05) is 13.3 Å². The van der Waals surface area contributed by atoms with Crippen molar-refractivity contribution in [2.24, 2.45) is 5.92 Å². The molecular formula is C15H20F3N3. The van der Waals surface area contributed by atoms with Crippen LogP contribution < -0.4 is 5.32 Å². The molecule has 3 rings (SSSR count). The Labute approximate surface area is 122 Å². The van der Waals surface area contributed by atoms with Crippen LogP contribution in [0.3, 0.4) is 0 Å². The van der Waals surface area contributed by atoms with Gasteiger partial charge in [0.25, 0.3) is 0 Å². The van der Waals surface area contributed by atoms with E-state index in [0.29, 0.717) is 36.9 Å². The van der Waals surface area contributed by atoms with Gasteiger partial charge in [-0.25, -0.2) is 9.97 Å². The van der Waals surface area contributed by atoms with Gasteiger partial charge >= 0.3 is 6.18 Å². The maximum Gasteiger partial charge on any atom is 0.433 e. The molecule has 1 fully saturated rings. The zero-order valence-electron chi connectivity index (χ0n) is 12.1. The third-order valence-electron chi connectivity index (χ3n) is 4.71. The number of aromatic nitrogens is 2. The Morgan fingerprint density at radius 3 is 2.71 bits per heavy atom. The molecule has 2 aliphatic rings. The highest BCUT2D eigenvalue weighted by atomic mass is 19.4. The molecule has 0 bridgehead atoms. The lowest BCUT2D eigenvalue weighted by atomic mass is 10.00. The quantitative estimate of drug-likeness (QED) is 0.909. The second-order valence-corrected chi connectivity index (χ2v) is 6.06. The molecule has 0 radical (unpaired) electrons. The lowest BCUT2D eigenvalue weighted by Crippen LogP contribution is -2.29. The molecule has 2 unspecified atom stereocenters. The Bertz CT molecular complexity index is 528. The lowest BCUT2D eigenvalue weighted by molar-refractivity contribution is -0.142. The van der Waals surface area contributed by atoms with E-state index in [4.69, 9.17) is 0 Å². The summed E-state index contributed by atoms with van der Waals surface area (Å²) in [5.41, 5.74) is 0.123. The minimum Gasteiger partial charge on any atom is -0.311 e. The van der Waals surface area contributed by atoms with E-state index in [2.05, 4.69) is 22.2 Å². The molecule has 1 saturated carbocycles. The van der Waals surface area contributed by atoms with Crippen molar-refractivity contribution in [2.75, 3.05) is 6.54 Å². The van der Waals surface area contributed by atoms with E-state index >= 15 is 0 Å². The van der Waals surface area contributed by atoms with E-state index in [-0.39, 0.29) is 11.5 Å². The summed E-state index contributed by atoms with van der Waals surface area (Å²) in [6.07, 6.45) is -0.0625. The van der Waals surface area contributed by atoms with Gasteiger partial charge in [0.15, 0.2) is 5.69 Å². The summed E-state index contributed by atoms with van der Waals surface area (Å²) in [4.78, 5) is 8.41. The lowest BCUT2D eigenvalue weighted by Gasteiger charge is -2.22. The number of hydrogen-bond acceptors (Lipinski definition) is 3. The van der Waals surface area contributed by atoms with Crippen LogP contribution in [0.2, 0.25) is 0 Å². The zero-order chi connectivity index (χ0) is 15.0. The molecule has 1 aliphatic carbocycles. The summed E-state index contributed by atoms with van der Waals surface area (Å²) in [7, 11) is 0. The largest absolute Gasteiger partial charge is 0.433 e. The minimum absolute atomic E-state index is 0.0864. The number of nitrogens with zero attached hydrogens (tertiary/aromatic N) is 2. The van der Waals surface area contributed by atoms with Crippen LogP contribution in [-0.4, -0.2) is 16.5 Å². The Morgan fingerprint density at radius 2 is 2.05 bits per heavy atom. The minimum atomic E-state index is -4.39. The van der Waals surface area contributed by atoms with Crippen molar-refractivity contribution in [1.82, 2.24) is 15.3 Å². The number of hydrogen-bond donors (Lipinski definition) is 1. The Kier molecular flexibility index (Phi) is 3.90. The highest BCUT2D eigenvalue weighted by Gasteiger charge is 2.39. The van der Waals surface area contributed by atoms with Gasteiger partial charge in [-0.3, -0.25) is 0 Å². The van der Waals surface area contributed by atoms with Crippen LogP contribution in [0.5, 0.6) is 0 Å². The second-order valence-electron chi connectivity index (χ2n) is 6.06. The van der Waals surface area contributed by atoms with E-state index < -0.39 is 11.9 Å². The van der Waals surface area contributed by atoms with Crippen LogP contribution in [0.25, 0.3) is 0 Å². The third-order valence-corrected chi connectivity index (χ3v) is 4.71. The van der Waals surface area contributed by atoms with E-state index in [1.54, 1.807) is 0 Å². The molecule has 116 valence electrons. The fraction of sp³-hybridized carbons (Fsp3) is 0.733. The summed E-state index contributed by atoms with van der Waals surface area (Å²) < 4.78 is 39.8. The molecule has 1 N–H and O–H groups in total. The molecule has 0 aromatic carbocycles. The average Bonchev–Trinajstić information content (AvgIpc) is 2.94. The van der Waals surface area contributed by atoms with Gasteiger partial charge < -0.3 is 5.32 Å². The number of halogens is 3. The standard InChI is InChI=1S/C15H20F3N3/c1-2-9-3-4-10(7-9)14-20-12-8-19-6-5-11(12)13(21-14)15(16,17)18/h9-10,19H,2-8H2,1H3. The number of alkyl halides is 3. The fourth-order valence-corrected chi connectivity index (χ4v) is 3.48. The molecule has 0 spiro atoms. The zero-order valence-corrected chi connectivity index (χ0v) is 12.1. The van der Waals surface area contributed by atoms with Crippen LogP contribution in [-0.2, 0) is 19.1 Å². The maximum absolute atomic E-state index is 13.3. The van der Waals surface area contributed by atoms with Gasteiger partial charge in [0.2, 0.25) is 0 Å². The average molecular weight is 299 g/mol. The molecule has 2 heterocycles. The second kappa shape index (κ2) is 5.55. The highest BCUT2D eigenvalue weighted by Crippen LogP contribution is 2.40. The monoisotopic (exact) mass is 299 g/mol. The summed E-state index contributed by atoms with van der Waals surface area (Å²) in [6, 6.07) is 0. The van der Waals surface area contributed by atoms with Crippen molar-refractivity contribution >= 4 is 0 Å². The van der Waals surface area contributed by atoms with Gasteiger partial charge in [0.05, 0.1) is 5.69 Å². The summed E-state index contributed by atoms with van der Waals surface area (Å²) in [5.74, 6) is 1.09. The van der Waals surface area contributed by atoms with Gasteiger partial charge in [-0.2, -0.15) is 13.2 Å². The first-order chi connectivity index (χ1) is 9.99. The number of nitrogens with one attached hydrogen (secondary N) is 1. The van der Waals surface area contributed by atoms with Gasteiger partial charge in [-0.05, 0) is 38.1 Å². The van der Waals surface area contributed by atoms with Crippen LogP contribution in [0, 0.1) is 5.92 Å². The predicted molar refractivity (Wildman–Crippen MR) is 72.8 cm³/mol. The summed E-state index contributed by atoms with van der Waals surface area (Å²) in [5, 5.41) is 3.10. The van der Waals surface area contributed by atoms with Gasteiger partial charge in [-0.15, -0.1) is 0 Å². The number of fused-ring (bicyclic) bond motifs is 1. The van der Waals surface area contributed by atoms with E-state index in [1.165, 1.54) is 0 Å². The van der Waals surface area contributed by atoms with Crippen LogP contribution >= 0.6 is 0 Å². The molecule has 6 heteroatoms. The van der Waals surface area contributed by atoms with Crippen molar-refractivity contribution in [3.63, 3.8) is 0 Å². The third kappa shape index (κ3) is 2.91. The van der Waals surface area contributed by atoms with E-state index in [9.17, 15) is 13.2 Å². The molecule has 3 nitrogen and oxygen atoms in total. The van der Waals surface area contributed by atoms with Crippen LogP contribution in [0.4, 0.5) is 13.2 Å². The molecule has 1 aromatic rings. The van der Waals surface area contributed by atoms with Crippen molar-refractivity contribution in [2.45, 2.75) is 57.7 Å². The van der Waals surface area contributed by atoms with Crippen molar-refractivity contribution in [3.8, 4) is 0 Å². The SMILES string of the molecule is CCC1CCC(c2nc3c(c(C(F)(F)F)n2)CCNC3)C1. The maximum atomic E-state index is 13.3. The summed E-state index contributed by atoms with van der Waals surface area (Å²) >= 11 is 0. The van der Waals surface area contributed by atoms with Gasteiger partial charge in [0, 0.05) is 18.0 Å². The molecule has 1 aliphatic heterocycles. The summed E-state index contributed by atoms with van der Waals surface area (Å²) in [6.45, 7) is 3.10. The fourth-order valence-electron chi connectivity index (χ4n) is 3.48. The highest BCUT2D eigenvalue weighted by molar-refractivity contribution is 5.31. The molecule has 0 saturated heterocycles. The topological polar surface area (TPSA) is 37.8 Å². The molecule has 21 heavy (non-hydrogen) atoms. The Balaban J connectivity index is 1.99. The van der Waals surface area contributed by atoms with E-state index in [1.807, 2.05) is 0 Å². The first kappa shape index (κ1) is 14.8. The predicted octanol–water partition coefficient (Wildman–Crippen LogP) is 3.43. The Morgan fingerprint density at radius 1 is 1.24 bits per heavy atom.